The minimum atomic E-state index is -0.698. The van der Waals surface area contributed by atoms with Crippen LogP contribution in [-0.4, -0.2) is 20.5 Å². The Hall–Kier alpha value is -2.90. The normalized spacial score (nSPS) is 10.6. The lowest BCUT2D eigenvalue weighted by atomic mass is 10.1. The Bertz CT molecular complexity index is 786. The number of hydrogen-bond acceptors (Lipinski definition) is 4. The SMILES string of the molecule is O[NH2+]c1ccc(-c2cc(Nc3ccc(O)c(F)c3)n[nH]2)cc1. The molecule has 0 radical (unpaired) electrons. The zero-order valence-corrected chi connectivity index (χ0v) is 11.4. The second-order valence-corrected chi connectivity index (χ2v) is 4.71. The van der Waals surface area contributed by atoms with Gasteiger partial charge in [0.2, 0.25) is 0 Å². The highest BCUT2D eigenvalue weighted by molar-refractivity contribution is 5.66. The number of halogens is 1. The van der Waals surface area contributed by atoms with E-state index in [4.69, 9.17) is 10.3 Å². The average molecular weight is 301 g/mol. The fraction of sp³-hybridized carbons (Fsp3) is 0. The minimum absolute atomic E-state index is 0.394. The number of H-pyrrole nitrogens is 1. The maximum Gasteiger partial charge on any atom is 0.166 e. The van der Waals surface area contributed by atoms with E-state index in [1.54, 1.807) is 24.3 Å². The Morgan fingerprint density at radius 2 is 1.86 bits per heavy atom. The summed E-state index contributed by atoms with van der Waals surface area (Å²) in [6.07, 6.45) is 0. The second kappa shape index (κ2) is 5.84. The molecule has 6 N–H and O–H groups in total. The van der Waals surface area contributed by atoms with Crippen molar-refractivity contribution < 1.29 is 20.2 Å². The summed E-state index contributed by atoms with van der Waals surface area (Å²) < 4.78 is 13.3. The first-order valence-electron chi connectivity index (χ1n) is 6.54. The molecular formula is C15H14FN4O2+. The van der Waals surface area contributed by atoms with E-state index >= 15 is 0 Å². The van der Waals surface area contributed by atoms with Gasteiger partial charge in [-0.05, 0) is 24.3 Å². The summed E-state index contributed by atoms with van der Waals surface area (Å²) in [5.41, 5.74) is 3.91. The standard InChI is InChI=1S/C15H13FN4O2/c16-12-7-11(5-6-14(12)21)17-15-8-13(18-19-15)9-1-3-10(20-22)4-2-9/h1-8,20-22H,(H2,17,18,19)/p+1. The highest BCUT2D eigenvalue weighted by Gasteiger charge is 2.06. The topological polar surface area (TPSA) is 97.8 Å². The summed E-state index contributed by atoms with van der Waals surface area (Å²) in [6, 6.07) is 13.0. The van der Waals surface area contributed by atoms with Crippen LogP contribution in [0.5, 0.6) is 5.75 Å². The number of phenolic OH excluding ortho intramolecular Hbond substituents is 1. The van der Waals surface area contributed by atoms with Crippen LogP contribution in [-0.2, 0) is 0 Å². The summed E-state index contributed by atoms with van der Waals surface area (Å²) >= 11 is 0. The van der Waals surface area contributed by atoms with Gasteiger partial charge >= 0.3 is 0 Å². The molecule has 0 aliphatic heterocycles. The molecule has 0 aliphatic carbocycles. The minimum Gasteiger partial charge on any atom is -0.505 e. The van der Waals surface area contributed by atoms with Gasteiger partial charge in [0, 0.05) is 35.5 Å². The molecule has 0 spiro atoms. The van der Waals surface area contributed by atoms with Gasteiger partial charge in [0.1, 0.15) is 0 Å². The summed E-state index contributed by atoms with van der Waals surface area (Å²) in [6.45, 7) is 0. The molecule has 1 heterocycles. The number of anilines is 2. The number of aromatic nitrogens is 2. The van der Waals surface area contributed by atoms with Crippen molar-refractivity contribution in [2.24, 2.45) is 0 Å². The van der Waals surface area contributed by atoms with Crippen molar-refractivity contribution in [3.63, 3.8) is 0 Å². The van der Waals surface area contributed by atoms with Gasteiger partial charge < -0.3 is 10.4 Å². The van der Waals surface area contributed by atoms with Gasteiger partial charge in [0.05, 0.1) is 5.69 Å². The van der Waals surface area contributed by atoms with Crippen molar-refractivity contribution >= 4 is 17.2 Å². The van der Waals surface area contributed by atoms with E-state index in [9.17, 15) is 4.39 Å². The van der Waals surface area contributed by atoms with Gasteiger partial charge in [-0.3, -0.25) is 5.10 Å². The Balaban J connectivity index is 1.79. The molecule has 0 amide bonds. The molecule has 0 unspecified atom stereocenters. The average Bonchev–Trinajstić information content (AvgIpc) is 2.99. The molecule has 0 atom stereocenters. The van der Waals surface area contributed by atoms with Crippen LogP contribution in [0.15, 0.2) is 48.5 Å². The third-order valence-electron chi connectivity index (χ3n) is 3.17. The lowest BCUT2D eigenvalue weighted by Gasteiger charge is -2.03. The van der Waals surface area contributed by atoms with E-state index in [1.165, 1.54) is 12.1 Å². The number of nitrogens with zero attached hydrogens (tertiary/aromatic N) is 1. The molecule has 3 aromatic rings. The summed E-state index contributed by atoms with van der Waals surface area (Å²) in [4.78, 5) is 0. The molecule has 6 nitrogen and oxygen atoms in total. The first-order chi connectivity index (χ1) is 10.7. The van der Waals surface area contributed by atoms with Crippen LogP contribution >= 0.6 is 0 Å². The maximum atomic E-state index is 13.3. The van der Waals surface area contributed by atoms with Crippen molar-refractivity contribution in [2.45, 2.75) is 0 Å². The van der Waals surface area contributed by atoms with Crippen molar-refractivity contribution in [3.05, 3.63) is 54.3 Å². The van der Waals surface area contributed by atoms with Crippen LogP contribution in [0.4, 0.5) is 21.6 Å². The summed E-state index contributed by atoms with van der Waals surface area (Å²) in [5.74, 6) is -0.566. The largest absolute Gasteiger partial charge is 0.505 e. The summed E-state index contributed by atoms with van der Waals surface area (Å²) in [5, 5.41) is 28.0. The van der Waals surface area contributed by atoms with E-state index in [0.717, 1.165) is 16.7 Å². The van der Waals surface area contributed by atoms with Crippen molar-refractivity contribution in [3.8, 4) is 17.0 Å². The number of phenols is 1. The number of quaternary nitrogens is 1. The molecule has 0 bridgehead atoms. The smallest absolute Gasteiger partial charge is 0.166 e. The predicted molar refractivity (Wildman–Crippen MR) is 78.7 cm³/mol. The van der Waals surface area contributed by atoms with E-state index in [-0.39, 0.29) is 0 Å². The van der Waals surface area contributed by atoms with Crippen molar-refractivity contribution in [1.82, 2.24) is 10.2 Å². The molecule has 112 valence electrons. The third kappa shape index (κ3) is 2.90. The van der Waals surface area contributed by atoms with Crippen LogP contribution in [0.3, 0.4) is 0 Å². The highest BCUT2D eigenvalue weighted by atomic mass is 19.1. The van der Waals surface area contributed by atoms with Gasteiger partial charge in [-0.1, -0.05) is 0 Å². The molecule has 1 aromatic heterocycles. The molecule has 3 rings (SSSR count). The number of benzene rings is 2. The Morgan fingerprint density at radius 1 is 1.09 bits per heavy atom. The first kappa shape index (κ1) is 14.1. The van der Waals surface area contributed by atoms with E-state index in [2.05, 4.69) is 15.5 Å². The number of aromatic hydroxyl groups is 1. The van der Waals surface area contributed by atoms with Crippen LogP contribution < -0.4 is 10.8 Å². The molecule has 0 aliphatic rings. The van der Waals surface area contributed by atoms with Gasteiger partial charge in [-0.15, -0.1) is 0 Å². The van der Waals surface area contributed by atoms with E-state index in [1.807, 2.05) is 12.1 Å². The van der Waals surface area contributed by atoms with Crippen molar-refractivity contribution in [1.29, 1.82) is 0 Å². The molecule has 7 heteroatoms. The van der Waals surface area contributed by atoms with Gasteiger partial charge in [0.15, 0.2) is 23.1 Å². The molecule has 2 aromatic carbocycles. The lowest BCUT2D eigenvalue weighted by Crippen LogP contribution is -2.73. The van der Waals surface area contributed by atoms with Crippen LogP contribution in [0.2, 0.25) is 0 Å². The summed E-state index contributed by atoms with van der Waals surface area (Å²) in [7, 11) is 0. The van der Waals surface area contributed by atoms with Crippen LogP contribution in [0.25, 0.3) is 11.3 Å². The van der Waals surface area contributed by atoms with Crippen LogP contribution in [0.1, 0.15) is 0 Å². The molecule has 22 heavy (non-hydrogen) atoms. The van der Waals surface area contributed by atoms with Gasteiger partial charge in [0.25, 0.3) is 0 Å². The monoisotopic (exact) mass is 301 g/mol. The first-order valence-corrected chi connectivity index (χ1v) is 6.54. The fourth-order valence-electron chi connectivity index (χ4n) is 2.01. The Morgan fingerprint density at radius 3 is 2.55 bits per heavy atom. The number of hydrogen-bond donors (Lipinski definition) is 5. The highest BCUT2D eigenvalue weighted by Crippen LogP contribution is 2.25. The van der Waals surface area contributed by atoms with E-state index < -0.39 is 11.6 Å². The second-order valence-electron chi connectivity index (χ2n) is 4.71. The number of rotatable bonds is 4. The third-order valence-corrected chi connectivity index (χ3v) is 3.17. The molecule has 0 fully saturated rings. The van der Waals surface area contributed by atoms with Gasteiger partial charge in [-0.25, -0.2) is 9.60 Å². The Kier molecular flexibility index (Phi) is 3.73. The number of nitrogens with two attached hydrogens (primary N) is 1. The zero-order chi connectivity index (χ0) is 15.5. The Labute approximate surface area is 125 Å². The number of nitrogens with one attached hydrogen (secondary N) is 2. The van der Waals surface area contributed by atoms with E-state index in [0.29, 0.717) is 17.2 Å². The molecule has 0 saturated carbocycles. The van der Waals surface area contributed by atoms with Crippen LogP contribution in [0, 0.1) is 5.82 Å². The van der Waals surface area contributed by atoms with Crippen molar-refractivity contribution in [2.75, 3.05) is 5.32 Å². The van der Waals surface area contributed by atoms with Gasteiger partial charge in [-0.2, -0.15) is 10.6 Å². The predicted octanol–water partition coefficient (Wildman–Crippen LogP) is 2.25. The number of aromatic amines is 1. The molecule has 0 saturated heterocycles. The fourth-order valence-corrected chi connectivity index (χ4v) is 2.01. The zero-order valence-electron chi connectivity index (χ0n) is 11.4. The lowest BCUT2D eigenvalue weighted by molar-refractivity contribution is -0.825. The quantitative estimate of drug-likeness (QED) is 0.290. The maximum absolute atomic E-state index is 13.3. The molecular weight excluding hydrogens is 287 g/mol.